The third-order valence-electron chi connectivity index (χ3n) is 4.94. The fourth-order valence-electron chi connectivity index (χ4n) is 3.11. The van der Waals surface area contributed by atoms with Crippen LogP contribution in [-0.4, -0.2) is 47.0 Å². The van der Waals surface area contributed by atoms with Gasteiger partial charge >= 0.3 is 5.97 Å². The van der Waals surface area contributed by atoms with E-state index >= 15 is 0 Å². The molecule has 0 saturated heterocycles. The Balaban J connectivity index is 1.61. The molecule has 0 spiro atoms. The number of benzene rings is 1. The van der Waals surface area contributed by atoms with E-state index in [0.29, 0.717) is 28.6 Å². The standard InChI is InChI=1S/C22H26N4O5S/c1-12-20(13(2)26(4)25-12)24-21(28)14(3)31-19(27)10-16-11-32-22(23-16)15-7-8-17(29-5)18(9-15)30-6/h7-9,11,14H,10H2,1-6H3,(H,24,28). The minimum atomic E-state index is -0.953. The molecule has 3 rings (SSSR count). The van der Waals surface area contributed by atoms with Gasteiger partial charge in [0.1, 0.15) is 5.01 Å². The zero-order chi connectivity index (χ0) is 23.4. The molecule has 0 saturated carbocycles. The predicted molar refractivity (Wildman–Crippen MR) is 121 cm³/mol. The second-order valence-corrected chi connectivity index (χ2v) is 8.04. The second-order valence-electron chi connectivity index (χ2n) is 7.18. The van der Waals surface area contributed by atoms with Crippen LogP contribution in [-0.2, 0) is 27.8 Å². The van der Waals surface area contributed by atoms with Gasteiger partial charge in [0.2, 0.25) is 0 Å². The van der Waals surface area contributed by atoms with Crippen LogP contribution in [0.15, 0.2) is 23.6 Å². The van der Waals surface area contributed by atoms with Gasteiger partial charge in [-0.05, 0) is 39.0 Å². The van der Waals surface area contributed by atoms with Crippen molar-refractivity contribution in [3.8, 4) is 22.1 Å². The van der Waals surface area contributed by atoms with Crippen molar-refractivity contribution >= 4 is 28.9 Å². The molecule has 0 bridgehead atoms. The number of hydrogen-bond acceptors (Lipinski definition) is 8. The average molecular weight is 459 g/mol. The first-order chi connectivity index (χ1) is 15.2. The van der Waals surface area contributed by atoms with E-state index < -0.39 is 18.0 Å². The summed E-state index contributed by atoms with van der Waals surface area (Å²) in [6.45, 7) is 5.19. The van der Waals surface area contributed by atoms with Gasteiger partial charge in [-0.2, -0.15) is 5.10 Å². The number of nitrogens with zero attached hydrogens (tertiary/aromatic N) is 3. The van der Waals surface area contributed by atoms with E-state index in [0.717, 1.165) is 16.3 Å². The number of aromatic nitrogens is 3. The summed E-state index contributed by atoms with van der Waals surface area (Å²) in [4.78, 5) is 29.3. The number of ether oxygens (including phenoxy) is 3. The molecule has 1 amide bonds. The molecule has 170 valence electrons. The molecular weight excluding hydrogens is 432 g/mol. The lowest BCUT2D eigenvalue weighted by atomic mass is 10.2. The molecule has 0 fully saturated rings. The smallest absolute Gasteiger partial charge is 0.312 e. The average Bonchev–Trinajstić information content (AvgIpc) is 3.32. The molecule has 9 nitrogen and oxygen atoms in total. The van der Waals surface area contributed by atoms with Gasteiger partial charge in [0.25, 0.3) is 5.91 Å². The summed E-state index contributed by atoms with van der Waals surface area (Å²) in [6.07, 6.45) is -0.989. The highest BCUT2D eigenvalue weighted by atomic mass is 32.1. The van der Waals surface area contributed by atoms with Gasteiger partial charge in [0.05, 0.1) is 43.4 Å². The van der Waals surface area contributed by atoms with Crippen LogP contribution in [0.3, 0.4) is 0 Å². The van der Waals surface area contributed by atoms with E-state index in [1.807, 2.05) is 19.1 Å². The third-order valence-corrected chi connectivity index (χ3v) is 5.88. The molecule has 0 aliphatic rings. The molecule has 1 aromatic carbocycles. The largest absolute Gasteiger partial charge is 0.493 e. The Kier molecular flexibility index (Phi) is 7.14. The monoisotopic (exact) mass is 458 g/mol. The number of methoxy groups -OCH3 is 2. The normalized spacial score (nSPS) is 11.7. The molecule has 0 radical (unpaired) electrons. The fourth-order valence-corrected chi connectivity index (χ4v) is 3.93. The maximum absolute atomic E-state index is 12.5. The summed E-state index contributed by atoms with van der Waals surface area (Å²) in [7, 11) is 4.94. The number of anilines is 1. The van der Waals surface area contributed by atoms with Crippen molar-refractivity contribution in [3.05, 3.63) is 40.7 Å². The first kappa shape index (κ1) is 23.3. The van der Waals surface area contributed by atoms with Gasteiger partial charge in [-0.15, -0.1) is 11.3 Å². The van der Waals surface area contributed by atoms with Crippen LogP contribution in [0.4, 0.5) is 5.69 Å². The van der Waals surface area contributed by atoms with E-state index in [1.165, 1.54) is 18.3 Å². The minimum Gasteiger partial charge on any atom is -0.493 e. The molecule has 2 aromatic heterocycles. The molecular formula is C22H26N4O5S. The highest BCUT2D eigenvalue weighted by Crippen LogP contribution is 2.33. The Morgan fingerprint density at radius 3 is 2.53 bits per heavy atom. The van der Waals surface area contributed by atoms with Crippen LogP contribution in [0.5, 0.6) is 11.5 Å². The highest BCUT2D eigenvalue weighted by Gasteiger charge is 2.21. The molecule has 1 unspecified atom stereocenters. The number of esters is 1. The van der Waals surface area contributed by atoms with Gasteiger partial charge in [0, 0.05) is 18.0 Å². The summed E-state index contributed by atoms with van der Waals surface area (Å²) in [5.74, 6) is 0.277. The molecule has 3 aromatic rings. The van der Waals surface area contributed by atoms with Crippen LogP contribution in [0, 0.1) is 13.8 Å². The van der Waals surface area contributed by atoms with Crippen LogP contribution >= 0.6 is 11.3 Å². The predicted octanol–water partition coefficient (Wildman–Crippen LogP) is 3.29. The number of carbonyl (C=O) groups excluding carboxylic acids is 2. The molecule has 0 aliphatic heterocycles. The maximum atomic E-state index is 12.5. The molecule has 2 heterocycles. The summed E-state index contributed by atoms with van der Waals surface area (Å²) in [5, 5.41) is 9.57. The van der Waals surface area contributed by atoms with Crippen molar-refractivity contribution in [2.24, 2.45) is 7.05 Å². The highest BCUT2D eigenvalue weighted by molar-refractivity contribution is 7.13. The first-order valence-electron chi connectivity index (χ1n) is 9.90. The first-order valence-corrected chi connectivity index (χ1v) is 10.8. The van der Waals surface area contributed by atoms with Crippen molar-refractivity contribution in [2.45, 2.75) is 33.3 Å². The SMILES string of the molecule is COc1ccc(-c2nc(CC(=O)OC(C)C(=O)Nc3c(C)nn(C)c3C)cs2)cc1OC. The van der Waals surface area contributed by atoms with Gasteiger partial charge in [0.15, 0.2) is 17.6 Å². The number of aryl methyl sites for hydroxylation is 2. The van der Waals surface area contributed by atoms with E-state index in [9.17, 15) is 9.59 Å². The Hall–Kier alpha value is -3.40. The van der Waals surface area contributed by atoms with E-state index in [-0.39, 0.29) is 6.42 Å². The molecule has 1 N–H and O–H groups in total. The quantitative estimate of drug-likeness (QED) is 0.517. The Labute approximate surface area is 190 Å². The molecule has 1 atom stereocenters. The van der Waals surface area contributed by atoms with Crippen LogP contribution in [0.25, 0.3) is 10.6 Å². The third kappa shape index (κ3) is 5.08. The van der Waals surface area contributed by atoms with Gasteiger partial charge in [-0.25, -0.2) is 4.98 Å². The summed E-state index contributed by atoms with van der Waals surface area (Å²) in [6, 6.07) is 5.50. The van der Waals surface area contributed by atoms with Crippen LogP contribution in [0.2, 0.25) is 0 Å². The lowest BCUT2D eigenvalue weighted by Gasteiger charge is -2.13. The second kappa shape index (κ2) is 9.82. The summed E-state index contributed by atoms with van der Waals surface area (Å²) < 4.78 is 17.6. The maximum Gasteiger partial charge on any atom is 0.312 e. The number of thiazole rings is 1. The topological polar surface area (TPSA) is 105 Å². The summed E-state index contributed by atoms with van der Waals surface area (Å²) in [5.41, 5.74) is 3.56. The molecule has 10 heteroatoms. The fraction of sp³-hybridized carbons (Fsp3) is 0.364. The number of carbonyl (C=O) groups is 2. The number of nitrogens with one attached hydrogen (secondary N) is 1. The van der Waals surface area contributed by atoms with Crippen molar-refractivity contribution in [3.63, 3.8) is 0 Å². The lowest BCUT2D eigenvalue weighted by Crippen LogP contribution is -2.30. The Morgan fingerprint density at radius 1 is 1.19 bits per heavy atom. The van der Waals surface area contributed by atoms with Crippen molar-refractivity contribution < 1.29 is 23.8 Å². The van der Waals surface area contributed by atoms with Gasteiger partial charge in [-0.3, -0.25) is 14.3 Å². The molecule has 32 heavy (non-hydrogen) atoms. The summed E-state index contributed by atoms with van der Waals surface area (Å²) >= 11 is 1.41. The van der Waals surface area contributed by atoms with Crippen molar-refractivity contribution in [1.82, 2.24) is 14.8 Å². The Bertz CT molecular complexity index is 1140. The van der Waals surface area contributed by atoms with Gasteiger partial charge < -0.3 is 19.5 Å². The lowest BCUT2D eigenvalue weighted by molar-refractivity contribution is -0.152. The number of hydrogen-bond donors (Lipinski definition) is 1. The zero-order valence-corrected chi connectivity index (χ0v) is 19.7. The zero-order valence-electron chi connectivity index (χ0n) is 18.9. The number of rotatable bonds is 8. The van der Waals surface area contributed by atoms with Crippen LogP contribution < -0.4 is 14.8 Å². The van der Waals surface area contributed by atoms with Crippen molar-refractivity contribution in [2.75, 3.05) is 19.5 Å². The number of amides is 1. The minimum absolute atomic E-state index is 0.0354. The van der Waals surface area contributed by atoms with E-state index in [4.69, 9.17) is 14.2 Å². The van der Waals surface area contributed by atoms with Crippen LogP contribution in [0.1, 0.15) is 24.0 Å². The van der Waals surface area contributed by atoms with E-state index in [1.54, 1.807) is 44.3 Å². The van der Waals surface area contributed by atoms with Crippen molar-refractivity contribution in [1.29, 1.82) is 0 Å². The molecule has 0 aliphatic carbocycles. The van der Waals surface area contributed by atoms with E-state index in [2.05, 4.69) is 15.4 Å². The van der Waals surface area contributed by atoms with Gasteiger partial charge in [-0.1, -0.05) is 0 Å². The Morgan fingerprint density at radius 2 is 1.91 bits per heavy atom.